The summed E-state index contributed by atoms with van der Waals surface area (Å²) in [5, 5.41) is 11.4. The molecule has 0 bridgehead atoms. The van der Waals surface area contributed by atoms with E-state index in [1.165, 1.54) is 42.1 Å². The van der Waals surface area contributed by atoms with E-state index in [0.717, 1.165) is 0 Å². The van der Waals surface area contributed by atoms with Gasteiger partial charge in [-0.15, -0.1) is 0 Å². The van der Waals surface area contributed by atoms with Gasteiger partial charge in [0.1, 0.15) is 11.9 Å². The van der Waals surface area contributed by atoms with Gasteiger partial charge in [0.2, 0.25) is 5.91 Å². The molecule has 0 spiro atoms. The summed E-state index contributed by atoms with van der Waals surface area (Å²) < 4.78 is 12.9. The maximum atomic E-state index is 12.9. The molecule has 108 valence electrons. The number of carbonyl (C=O) groups is 2. The van der Waals surface area contributed by atoms with Crippen molar-refractivity contribution in [3.8, 4) is 0 Å². The first kappa shape index (κ1) is 16.2. The van der Waals surface area contributed by atoms with Crippen LogP contribution in [0.3, 0.4) is 0 Å². The number of benzene rings is 1. The fraction of sp³-hybridized carbons (Fsp3) is 0.286. The zero-order chi connectivity index (χ0) is 15.0. The lowest BCUT2D eigenvalue weighted by Crippen LogP contribution is -2.40. The van der Waals surface area contributed by atoms with E-state index >= 15 is 0 Å². The Labute approximate surface area is 121 Å². The van der Waals surface area contributed by atoms with Gasteiger partial charge >= 0.3 is 5.97 Å². The van der Waals surface area contributed by atoms with Crippen molar-refractivity contribution in [2.24, 2.45) is 0 Å². The lowest BCUT2D eigenvalue weighted by atomic mass is 10.2. The topological polar surface area (TPSA) is 66.4 Å². The summed E-state index contributed by atoms with van der Waals surface area (Å²) >= 11 is 1.51. The molecule has 0 fully saturated rings. The number of amides is 1. The van der Waals surface area contributed by atoms with Gasteiger partial charge in [0.25, 0.3) is 0 Å². The molecule has 0 heterocycles. The third-order valence-corrected chi connectivity index (χ3v) is 3.15. The fourth-order valence-electron chi connectivity index (χ4n) is 1.50. The lowest BCUT2D eigenvalue weighted by molar-refractivity contribution is -0.141. The lowest BCUT2D eigenvalue weighted by Gasteiger charge is -2.12. The average Bonchev–Trinajstić information content (AvgIpc) is 2.41. The monoisotopic (exact) mass is 297 g/mol. The van der Waals surface area contributed by atoms with Gasteiger partial charge in [-0.05, 0) is 42.2 Å². The highest BCUT2D eigenvalue weighted by molar-refractivity contribution is 7.98. The molecule has 2 N–H and O–H groups in total. The molecule has 0 aliphatic heterocycles. The number of carboxylic acid groups (broad SMARTS) is 1. The van der Waals surface area contributed by atoms with Gasteiger partial charge in [-0.3, -0.25) is 4.79 Å². The second kappa shape index (κ2) is 8.37. The smallest absolute Gasteiger partial charge is 0.326 e. The van der Waals surface area contributed by atoms with Crippen molar-refractivity contribution in [2.45, 2.75) is 12.5 Å². The zero-order valence-corrected chi connectivity index (χ0v) is 11.8. The first-order valence-corrected chi connectivity index (χ1v) is 7.38. The quantitative estimate of drug-likeness (QED) is 0.757. The molecule has 0 unspecified atom stereocenters. The summed E-state index contributed by atoms with van der Waals surface area (Å²) in [7, 11) is 0. The summed E-state index contributed by atoms with van der Waals surface area (Å²) in [6.45, 7) is 0. The normalized spacial score (nSPS) is 12.3. The van der Waals surface area contributed by atoms with E-state index in [-0.39, 0.29) is 0 Å². The maximum absolute atomic E-state index is 12.9. The van der Waals surface area contributed by atoms with Gasteiger partial charge < -0.3 is 10.4 Å². The van der Waals surface area contributed by atoms with Crippen LogP contribution in [-0.4, -0.2) is 35.0 Å². The van der Waals surface area contributed by atoms with Crippen molar-refractivity contribution in [1.29, 1.82) is 0 Å². The molecule has 0 radical (unpaired) electrons. The predicted octanol–water partition coefficient (Wildman–Crippen LogP) is 2.16. The van der Waals surface area contributed by atoms with Crippen molar-refractivity contribution >= 4 is 29.7 Å². The standard InChI is InChI=1S/C14H16FNO3S/c1-20-8-7-12(14(18)19)16-13(17)6-5-10-3-2-4-11(15)9-10/h2-6,9,12H,7-8H2,1H3,(H,16,17)(H,18,19)/b6-5+/t12-/m1/s1. The van der Waals surface area contributed by atoms with Crippen LogP contribution >= 0.6 is 11.8 Å². The molecule has 0 aromatic heterocycles. The number of carboxylic acids is 1. The number of rotatable bonds is 7. The van der Waals surface area contributed by atoms with E-state index in [0.29, 0.717) is 17.7 Å². The molecule has 20 heavy (non-hydrogen) atoms. The van der Waals surface area contributed by atoms with E-state index < -0.39 is 23.7 Å². The highest BCUT2D eigenvalue weighted by atomic mass is 32.2. The van der Waals surface area contributed by atoms with Crippen LogP contribution < -0.4 is 5.32 Å². The highest BCUT2D eigenvalue weighted by Crippen LogP contribution is 2.05. The minimum absolute atomic E-state index is 0.357. The largest absolute Gasteiger partial charge is 0.480 e. The Hall–Kier alpha value is -1.82. The van der Waals surface area contributed by atoms with Crippen LogP contribution in [0.15, 0.2) is 30.3 Å². The van der Waals surface area contributed by atoms with E-state index in [2.05, 4.69) is 5.32 Å². The van der Waals surface area contributed by atoms with Crippen LogP contribution in [0.5, 0.6) is 0 Å². The molecule has 0 saturated carbocycles. The molecule has 0 aliphatic carbocycles. The number of nitrogens with one attached hydrogen (secondary N) is 1. The number of hydrogen-bond donors (Lipinski definition) is 2. The second-order valence-corrected chi connectivity index (χ2v) is 5.05. The van der Waals surface area contributed by atoms with Crippen LogP contribution in [0.1, 0.15) is 12.0 Å². The van der Waals surface area contributed by atoms with Crippen molar-refractivity contribution in [3.05, 3.63) is 41.7 Å². The minimum atomic E-state index is -1.06. The third-order valence-electron chi connectivity index (χ3n) is 2.50. The fourth-order valence-corrected chi connectivity index (χ4v) is 1.97. The zero-order valence-electron chi connectivity index (χ0n) is 11.0. The highest BCUT2D eigenvalue weighted by Gasteiger charge is 2.17. The first-order valence-electron chi connectivity index (χ1n) is 5.99. The number of thioether (sulfide) groups is 1. The molecular formula is C14H16FNO3S. The Morgan fingerprint density at radius 2 is 2.25 bits per heavy atom. The van der Waals surface area contributed by atoms with Gasteiger partial charge in [0, 0.05) is 6.08 Å². The van der Waals surface area contributed by atoms with Gasteiger partial charge in [0.05, 0.1) is 0 Å². The number of carbonyl (C=O) groups excluding carboxylic acids is 1. The molecule has 1 rings (SSSR count). The summed E-state index contributed by atoms with van der Waals surface area (Å²) in [6.07, 6.45) is 4.86. The molecule has 6 heteroatoms. The van der Waals surface area contributed by atoms with Crippen LogP contribution in [0.25, 0.3) is 6.08 Å². The van der Waals surface area contributed by atoms with E-state index in [9.17, 15) is 14.0 Å². The molecule has 0 saturated heterocycles. The molecule has 1 atom stereocenters. The maximum Gasteiger partial charge on any atom is 0.326 e. The molecule has 1 aromatic rings. The Balaban J connectivity index is 2.59. The SMILES string of the molecule is CSCC[C@@H](NC(=O)/C=C/c1cccc(F)c1)C(=O)O. The molecule has 1 aromatic carbocycles. The third kappa shape index (κ3) is 5.88. The summed E-state index contributed by atoms with van der Waals surface area (Å²) in [5.74, 6) is -1.32. The molecule has 1 amide bonds. The minimum Gasteiger partial charge on any atom is -0.480 e. The second-order valence-electron chi connectivity index (χ2n) is 4.07. The number of hydrogen-bond acceptors (Lipinski definition) is 3. The van der Waals surface area contributed by atoms with E-state index in [1.807, 2.05) is 6.26 Å². The van der Waals surface area contributed by atoms with Crippen molar-refractivity contribution in [3.63, 3.8) is 0 Å². The Kier molecular flexibility index (Phi) is 6.79. The van der Waals surface area contributed by atoms with Crippen LogP contribution in [0.4, 0.5) is 4.39 Å². The van der Waals surface area contributed by atoms with Crippen molar-refractivity contribution in [2.75, 3.05) is 12.0 Å². The van der Waals surface area contributed by atoms with Gasteiger partial charge in [-0.1, -0.05) is 12.1 Å². The summed E-state index contributed by atoms with van der Waals surface area (Å²) in [5.41, 5.74) is 0.538. The number of aliphatic carboxylic acids is 1. The predicted molar refractivity (Wildman–Crippen MR) is 78.0 cm³/mol. The van der Waals surface area contributed by atoms with Gasteiger partial charge in [-0.25, -0.2) is 9.18 Å². The average molecular weight is 297 g/mol. The molecule has 4 nitrogen and oxygen atoms in total. The molecular weight excluding hydrogens is 281 g/mol. The summed E-state index contributed by atoms with van der Waals surface area (Å²) in [6, 6.07) is 4.86. The van der Waals surface area contributed by atoms with Crippen molar-refractivity contribution < 1.29 is 19.1 Å². The van der Waals surface area contributed by atoms with Crippen molar-refractivity contribution in [1.82, 2.24) is 5.32 Å². The van der Waals surface area contributed by atoms with Crippen LogP contribution in [0, 0.1) is 5.82 Å². The Bertz CT molecular complexity index is 505. The van der Waals surface area contributed by atoms with E-state index in [1.54, 1.807) is 6.07 Å². The van der Waals surface area contributed by atoms with Gasteiger partial charge in [0.15, 0.2) is 0 Å². The first-order chi connectivity index (χ1) is 9.52. The van der Waals surface area contributed by atoms with Crippen LogP contribution in [-0.2, 0) is 9.59 Å². The van der Waals surface area contributed by atoms with Crippen LogP contribution in [0.2, 0.25) is 0 Å². The van der Waals surface area contributed by atoms with Gasteiger partial charge in [-0.2, -0.15) is 11.8 Å². The number of halogens is 1. The Morgan fingerprint density at radius 1 is 1.50 bits per heavy atom. The molecule has 0 aliphatic rings. The summed E-state index contributed by atoms with van der Waals surface area (Å²) in [4.78, 5) is 22.6. The van der Waals surface area contributed by atoms with E-state index in [4.69, 9.17) is 5.11 Å². The Morgan fingerprint density at radius 3 is 2.85 bits per heavy atom.